The van der Waals surface area contributed by atoms with Gasteiger partial charge in [-0.3, -0.25) is 0 Å². The van der Waals surface area contributed by atoms with Crippen LogP contribution in [0.4, 0.5) is 5.13 Å². The molecule has 0 amide bonds. The van der Waals surface area contributed by atoms with Crippen molar-refractivity contribution in [2.75, 3.05) is 25.2 Å². The molecule has 0 fully saturated rings. The molecule has 0 aromatic carbocycles. The molecule has 0 unspecified atom stereocenters. The Balaban J connectivity index is 2.80. The Morgan fingerprint density at radius 1 is 1.47 bits per heavy atom. The van der Waals surface area contributed by atoms with Crippen molar-refractivity contribution < 1.29 is 4.74 Å². The summed E-state index contributed by atoms with van der Waals surface area (Å²) in [7, 11) is 1.73. The largest absolute Gasteiger partial charge is 0.383 e. The molecule has 0 saturated heterocycles. The molecule has 1 rings (SSSR count). The molecule has 0 aliphatic heterocycles. The van der Waals surface area contributed by atoms with E-state index in [0.29, 0.717) is 12.6 Å². The molecule has 4 nitrogen and oxygen atoms in total. The van der Waals surface area contributed by atoms with E-state index in [1.165, 1.54) is 0 Å². The average molecular weight is 257 g/mol. The molecule has 0 radical (unpaired) electrons. The predicted octanol–water partition coefficient (Wildman–Crippen LogP) is 2.24. The molecule has 17 heavy (non-hydrogen) atoms. The molecular formula is C12H23N3OS. The van der Waals surface area contributed by atoms with Gasteiger partial charge >= 0.3 is 0 Å². The van der Waals surface area contributed by atoms with Gasteiger partial charge < -0.3 is 15.4 Å². The number of hydrogen-bond donors (Lipinski definition) is 1. The molecule has 2 N–H and O–H groups in total. The number of ether oxygens (including phenoxy) is 1. The Morgan fingerprint density at radius 3 is 2.65 bits per heavy atom. The van der Waals surface area contributed by atoms with Gasteiger partial charge in [0, 0.05) is 31.6 Å². The van der Waals surface area contributed by atoms with E-state index in [1.807, 2.05) is 5.38 Å². The summed E-state index contributed by atoms with van der Waals surface area (Å²) in [6, 6.07) is 0.530. The van der Waals surface area contributed by atoms with E-state index >= 15 is 0 Å². The summed E-state index contributed by atoms with van der Waals surface area (Å²) in [6.45, 7) is 6.56. The summed E-state index contributed by atoms with van der Waals surface area (Å²) >= 11 is 1.67. The third-order valence-corrected chi connectivity index (χ3v) is 3.84. The minimum absolute atomic E-state index is 0.511. The molecule has 98 valence electrons. The number of aromatic nitrogens is 1. The van der Waals surface area contributed by atoms with Gasteiger partial charge in [0.2, 0.25) is 0 Å². The van der Waals surface area contributed by atoms with Gasteiger partial charge in [-0.15, -0.1) is 11.3 Å². The molecular weight excluding hydrogens is 234 g/mol. The Labute approximate surface area is 108 Å². The summed E-state index contributed by atoms with van der Waals surface area (Å²) in [5, 5.41) is 3.11. The molecule has 0 atom stereocenters. The van der Waals surface area contributed by atoms with Gasteiger partial charge in [0.25, 0.3) is 0 Å². The van der Waals surface area contributed by atoms with Crippen molar-refractivity contribution in [1.82, 2.24) is 4.98 Å². The van der Waals surface area contributed by atoms with Gasteiger partial charge in [-0.25, -0.2) is 4.98 Å². The highest BCUT2D eigenvalue weighted by Crippen LogP contribution is 2.24. The maximum absolute atomic E-state index is 5.61. The Kier molecular flexibility index (Phi) is 6.47. The number of nitrogens with zero attached hydrogens (tertiary/aromatic N) is 2. The molecule has 1 aromatic rings. The van der Waals surface area contributed by atoms with Crippen LogP contribution in [0.1, 0.15) is 32.4 Å². The zero-order valence-corrected chi connectivity index (χ0v) is 11.8. The number of thiazole rings is 1. The van der Waals surface area contributed by atoms with E-state index in [9.17, 15) is 0 Å². The summed E-state index contributed by atoms with van der Waals surface area (Å²) in [5.41, 5.74) is 6.58. The topological polar surface area (TPSA) is 51.4 Å². The minimum atomic E-state index is 0.511. The van der Waals surface area contributed by atoms with Crippen molar-refractivity contribution in [2.24, 2.45) is 5.73 Å². The van der Waals surface area contributed by atoms with Gasteiger partial charge in [0.15, 0.2) is 5.13 Å². The summed E-state index contributed by atoms with van der Waals surface area (Å²) in [6.07, 6.45) is 2.25. The molecule has 0 spiro atoms. The second-order valence-electron chi connectivity index (χ2n) is 3.98. The highest BCUT2D eigenvalue weighted by molar-refractivity contribution is 7.13. The van der Waals surface area contributed by atoms with E-state index < -0.39 is 0 Å². The van der Waals surface area contributed by atoms with Crippen LogP contribution < -0.4 is 10.6 Å². The third-order valence-electron chi connectivity index (χ3n) is 2.91. The van der Waals surface area contributed by atoms with Crippen LogP contribution in [0.5, 0.6) is 0 Å². The first-order chi connectivity index (χ1) is 8.26. The lowest BCUT2D eigenvalue weighted by Crippen LogP contribution is -2.37. The maximum atomic E-state index is 5.61. The third kappa shape index (κ3) is 3.94. The van der Waals surface area contributed by atoms with Crippen LogP contribution >= 0.6 is 11.3 Å². The van der Waals surface area contributed by atoms with Crippen molar-refractivity contribution in [1.29, 1.82) is 0 Å². The first-order valence-corrected chi connectivity index (χ1v) is 7.04. The van der Waals surface area contributed by atoms with Crippen LogP contribution in [0.2, 0.25) is 0 Å². The molecule has 0 aliphatic rings. The fraction of sp³-hybridized carbons (Fsp3) is 0.750. The highest BCUT2D eigenvalue weighted by atomic mass is 32.1. The quantitative estimate of drug-likeness (QED) is 0.776. The van der Waals surface area contributed by atoms with Crippen LogP contribution in [0.25, 0.3) is 0 Å². The van der Waals surface area contributed by atoms with Crippen molar-refractivity contribution in [2.45, 2.75) is 39.3 Å². The fourth-order valence-corrected chi connectivity index (χ4v) is 2.81. The molecule has 0 saturated carbocycles. The standard InChI is InChI=1S/C12H23N3OS/c1-4-11(5-2)15(6-7-16-3)12-14-10(8-13)9-17-12/h9,11H,4-8,13H2,1-3H3. The number of rotatable bonds is 8. The Hall–Kier alpha value is -0.650. The van der Waals surface area contributed by atoms with E-state index in [2.05, 4.69) is 23.7 Å². The molecule has 0 bridgehead atoms. The van der Waals surface area contributed by atoms with Crippen molar-refractivity contribution >= 4 is 16.5 Å². The lowest BCUT2D eigenvalue weighted by Gasteiger charge is -2.29. The molecule has 5 heteroatoms. The number of hydrogen-bond acceptors (Lipinski definition) is 5. The van der Waals surface area contributed by atoms with Crippen LogP contribution in [0, 0.1) is 0 Å². The number of anilines is 1. The van der Waals surface area contributed by atoms with Gasteiger partial charge in [0.1, 0.15) is 0 Å². The zero-order valence-electron chi connectivity index (χ0n) is 11.0. The Bertz CT molecular complexity index is 312. The van der Waals surface area contributed by atoms with Crippen molar-refractivity contribution in [3.05, 3.63) is 11.1 Å². The molecule has 1 heterocycles. The highest BCUT2D eigenvalue weighted by Gasteiger charge is 2.18. The summed E-state index contributed by atoms with van der Waals surface area (Å²) in [4.78, 5) is 6.90. The van der Waals surface area contributed by atoms with Crippen molar-refractivity contribution in [3.63, 3.8) is 0 Å². The average Bonchev–Trinajstić information content (AvgIpc) is 2.83. The molecule has 0 aliphatic carbocycles. The zero-order chi connectivity index (χ0) is 12.7. The van der Waals surface area contributed by atoms with Crippen LogP contribution in [0.3, 0.4) is 0 Å². The molecule has 1 aromatic heterocycles. The maximum Gasteiger partial charge on any atom is 0.185 e. The van der Waals surface area contributed by atoms with E-state index in [0.717, 1.165) is 36.8 Å². The Morgan fingerprint density at radius 2 is 2.18 bits per heavy atom. The van der Waals surface area contributed by atoms with E-state index in [-0.39, 0.29) is 0 Å². The summed E-state index contributed by atoms with van der Waals surface area (Å²) in [5.74, 6) is 0. The van der Waals surface area contributed by atoms with Gasteiger partial charge in [-0.2, -0.15) is 0 Å². The lowest BCUT2D eigenvalue weighted by molar-refractivity contribution is 0.202. The van der Waals surface area contributed by atoms with Crippen LogP contribution in [-0.2, 0) is 11.3 Å². The van der Waals surface area contributed by atoms with Crippen LogP contribution in [-0.4, -0.2) is 31.3 Å². The first kappa shape index (κ1) is 14.4. The fourth-order valence-electron chi connectivity index (χ4n) is 1.88. The number of methoxy groups -OCH3 is 1. The summed E-state index contributed by atoms with van der Waals surface area (Å²) < 4.78 is 5.18. The van der Waals surface area contributed by atoms with Crippen molar-refractivity contribution in [3.8, 4) is 0 Å². The normalized spacial score (nSPS) is 11.1. The van der Waals surface area contributed by atoms with Gasteiger partial charge in [-0.05, 0) is 12.8 Å². The van der Waals surface area contributed by atoms with Gasteiger partial charge in [-0.1, -0.05) is 13.8 Å². The SMILES string of the molecule is CCC(CC)N(CCOC)c1nc(CN)cs1. The first-order valence-electron chi connectivity index (χ1n) is 6.16. The van der Waals surface area contributed by atoms with E-state index in [4.69, 9.17) is 10.5 Å². The van der Waals surface area contributed by atoms with Gasteiger partial charge in [0.05, 0.1) is 12.3 Å². The van der Waals surface area contributed by atoms with Crippen LogP contribution in [0.15, 0.2) is 5.38 Å². The number of nitrogens with two attached hydrogens (primary N) is 1. The second kappa shape index (κ2) is 7.63. The van der Waals surface area contributed by atoms with E-state index in [1.54, 1.807) is 18.4 Å². The predicted molar refractivity (Wildman–Crippen MR) is 73.6 cm³/mol. The lowest BCUT2D eigenvalue weighted by atomic mass is 10.1. The minimum Gasteiger partial charge on any atom is -0.383 e. The smallest absolute Gasteiger partial charge is 0.185 e. The second-order valence-corrected chi connectivity index (χ2v) is 4.82. The monoisotopic (exact) mass is 257 g/mol.